The summed E-state index contributed by atoms with van der Waals surface area (Å²) in [6, 6.07) is 21.6. The van der Waals surface area contributed by atoms with Crippen LogP contribution < -0.4 is 5.32 Å². The van der Waals surface area contributed by atoms with E-state index in [1.54, 1.807) is 18.2 Å². The maximum Gasteiger partial charge on any atom is 0.290 e. The molecule has 1 aliphatic heterocycles. The summed E-state index contributed by atoms with van der Waals surface area (Å²) in [7, 11) is 0. The van der Waals surface area contributed by atoms with Crippen LogP contribution in [0, 0.1) is 5.92 Å². The molecule has 1 amide bonds. The van der Waals surface area contributed by atoms with Crippen molar-refractivity contribution in [1.82, 2.24) is 0 Å². The molecule has 0 aromatic heterocycles. The molecule has 1 unspecified atom stereocenters. The topological polar surface area (TPSA) is 88.0 Å². The van der Waals surface area contributed by atoms with Crippen molar-refractivity contribution in [3.8, 4) is 16.9 Å². The second kappa shape index (κ2) is 10.6. The van der Waals surface area contributed by atoms with Gasteiger partial charge in [-0.3, -0.25) is 4.79 Å². The molecule has 5 rings (SSSR count). The number of phenols is 1. The van der Waals surface area contributed by atoms with E-state index >= 15 is 0 Å². The molecule has 0 fully saturated rings. The minimum atomic E-state index is -0.632. The highest BCUT2D eigenvalue weighted by atomic mass is 16.7. The highest BCUT2D eigenvalue weighted by Gasteiger charge is 2.38. The van der Waals surface area contributed by atoms with Gasteiger partial charge < -0.3 is 25.0 Å². The van der Waals surface area contributed by atoms with Gasteiger partial charge in [0.25, 0.3) is 5.91 Å². The van der Waals surface area contributed by atoms with E-state index in [1.165, 1.54) is 28.3 Å². The standard InChI is InChI=1S/C30H31NO5/c1-2-35-30-24(10-7-15-32)25(18-28(36-30)29(34)31-26-11-5-6-12-27(26)33)20-13-14-23-21(17-20)16-19-8-3-4-9-22(19)23/h3-6,8-9,11-14,17-18,24-25,30,32-33H,2,7,10,15-16H2,1H3,(H,31,34)/t24?,25-,30-/m1/s1. The summed E-state index contributed by atoms with van der Waals surface area (Å²) in [5, 5.41) is 22.4. The van der Waals surface area contributed by atoms with E-state index in [-0.39, 0.29) is 30.0 Å². The van der Waals surface area contributed by atoms with Gasteiger partial charge in [0.2, 0.25) is 6.29 Å². The molecule has 3 N–H and O–H groups in total. The molecule has 0 bridgehead atoms. The summed E-state index contributed by atoms with van der Waals surface area (Å²) >= 11 is 0. The van der Waals surface area contributed by atoms with Crippen molar-refractivity contribution < 1.29 is 24.5 Å². The number of anilines is 1. The van der Waals surface area contributed by atoms with E-state index in [0.717, 1.165) is 12.0 Å². The molecule has 0 spiro atoms. The molecular weight excluding hydrogens is 454 g/mol. The van der Waals surface area contributed by atoms with Crippen LogP contribution in [0.25, 0.3) is 11.1 Å². The fourth-order valence-corrected chi connectivity index (χ4v) is 5.28. The molecule has 0 saturated carbocycles. The normalized spacial score (nSPS) is 20.2. The van der Waals surface area contributed by atoms with E-state index in [0.29, 0.717) is 25.1 Å². The lowest BCUT2D eigenvalue weighted by molar-refractivity contribution is -0.165. The van der Waals surface area contributed by atoms with Gasteiger partial charge in [-0.15, -0.1) is 0 Å². The molecule has 3 aromatic rings. The molecule has 0 radical (unpaired) electrons. The van der Waals surface area contributed by atoms with Gasteiger partial charge in [0.05, 0.1) is 5.69 Å². The average molecular weight is 486 g/mol. The maximum atomic E-state index is 13.2. The van der Waals surface area contributed by atoms with Crippen LogP contribution in [-0.4, -0.2) is 35.6 Å². The number of allylic oxidation sites excluding steroid dienone is 1. The number of aliphatic hydroxyl groups excluding tert-OH is 1. The second-order valence-electron chi connectivity index (χ2n) is 9.25. The monoisotopic (exact) mass is 485 g/mol. The van der Waals surface area contributed by atoms with E-state index in [2.05, 4.69) is 47.8 Å². The van der Waals surface area contributed by atoms with Crippen molar-refractivity contribution in [3.63, 3.8) is 0 Å². The zero-order valence-electron chi connectivity index (χ0n) is 20.3. The smallest absolute Gasteiger partial charge is 0.290 e. The third kappa shape index (κ3) is 4.74. The molecule has 0 saturated heterocycles. The number of amides is 1. The van der Waals surface area contributed by atoms with Gasteiger partial charge in [-0.1, -0.05) is 54.6 Å². The molecule has 6 heteroatoms. The van der Waals surface area contributed by atoms with Crippen LogP contribution in [0.5, 0.6) is 5.75 Å². The number of hydrogen-bond acceptors (Lipinski definition) is 5. The summed E-state index contributed by atoms with van der Waals surface area (Å²) in [5.41, 5.74) is 6.51. The Morgan fingerprint density at radius 1 is 1.06 bits per heavy atom. The first-order valence-corrected chi connectivity index (χ1v) is 12.5. The number of benzene rings is 3. The number of fused-ring (bicyclic) bond motifs is 3. The summed E-state index contributed by atoms with van der Waals surface area (Å²) < 4.78 is 12.0. The molecular formula is C30H31NO5. The molecule has 186 valence electrons. The third-order valence-electron chi connectivity index (χ3n) is 6.99. The van der Waals surface area contributed by atoms with Gasteiger partial charge in [0.1, 0.15) is 5.75 Å². The number of nitrogens with one attached hydrogen (secondary N) is 1. The second-order valence-corrected chi connectivity index (χ2v) is 9.25. The number of aliphatic hydroxyl groups is 1. The van der Waals surface area contributed by atoms with Crippen LogP contribution >= 0.6 is 0 Å². The Balaban J connectivity index is 1.50. The van der Waals surface area contributed by atoms with Gasteiger partial charge >= 0.3 is 0 Å². The van der Waals surface area contributed by atoms with Crippen molar-refractivity contribution in [2.75, 3.05) is 18.5 Å². The fraction of sp³-hybridized carbons (Fsp3) is 0.300. The van der Waals surface area contributed by atoms with E-state index in [9.17, 15) is 15.0 Å². The number of rotatable bonds is 8. The van der Waals surface area contributed by atoms with Crippen molar-refractivity contribution in [2.24, 2.45) is 5.92 Å². The summed E-state index contributed by atoms with van der Waals surface area (Å²) in [6.07, 6.45) is 3.40. The predicted octanol–water partition coefficient (Wildman–Crippen LogP) is 5.35. The lowest BCUT2D eigenvalue weighted by atomic mass is 9.80. The summed E-state index contributed by atoms with van der Waals surface area (Å²) in [6.45, 7) is 2.40. The average Bonchev–Trinajstić information content (AvgIpc) is 3.27. The first-order chi connectivity index (χ1) is 17.6. The molecule has 1 heterocycles. The van der Waals surface area contributed by atoms with Gasteiger partial charge in [-0.25, -0.2) is 0 Å². The van der Waals surface area contributed by atoms with Crippen LogP contribution in [0.3, 0.4) is 0 Å². The number of aromatic hydroxyl groups is 1. The van der Waals surface area contributed by atoms with Gasteiger partial charge in [-0.05, 0) is 72.2 Å². The Bertz CT molecular complexity index is 1280. The number of phenolic OH excluding ortho intramolecular Hbond substituents is 1. The summed E-state index contributed by atoms with van der Waals surface area (Å²) in [5.74, 6) is -0.508. The van der Waals surface area contributed by atoms with Crippen molar-refractivity contribution in [3.05, 3.63) is 95.3 Å². The van der Waals surface area contributed by atoms with Crippen LogP contribution in [0.4, 0.5) is 5.69 Å². The lowest BCUT2D eigenvalue weighted by Crippen LogP contribution is -2.37. The van der Waals surface area contributed by atoms with Crippen molar-refractivity contribution in [1.29, 1.82) is 0 Å². The largest absolute Gasteiger partial charge is 0.506 e. The Labute approximate surface area is 211 Å². The van der Waals surface area contributed by atoms with Gasteiger partial charge in [-0.2, -0.15) is 0 Å². The van der Waals surface area contributed by atoms with Crippen LogP contribution in [0.2, 0.25) is 0 Å². The molecule has 6 nitrogen and oxygen atoms in total. The highest BCUT2D eigenvalue weighted by Crippen LogP contribution is 2.43. The van der Waals surface area contributed by atoms with Crippen LogP contribution in [0.1, 0.15) is 42.4 Å². The van der Waals surface area contributed by atoms with Crippen LogP contribution in [-0.2, 0) is 20.7 Å². The lowest BCUT2D eigenvalue weighted by Gasteiger charge is -2.37. The molecule has 3 aromatic carbocycles. The predicted molar refractivity (Wildman–Crippen MR) is 139 cm³/mol. The SMILES string of the molecule is CCO[C@@H]1OC(C(=O)Nc2ccccc2O)=C[C@H](c2ccc3c(c2)Cc2ccccc2-3)C1CCCO. The third-order valence-corrected chi connectivity index (χ3v) is 6.99. The molecule has 36 heavy (non-hydrogen) atoms. The first kappa shape index (κ1) is 24.1. The molecule has 1 aliphatic carbocycles. The van der Waals surface area contributed by atoms with Crippen molar-refractivity contribution in [2.45, 2.75) is 38.4 Å². The Kier molecular flexibility index (Phi) is 7.07. The Hall–Kier alpha value is -3.61. The number of para-hydroxylation sites is 2. The fourth-order valence-electron chi connectivity index (χ4n) is 5.28. The molecule has 2 aliphatic rings. The maximum absolute atomic E-state index is 13.2. The van der Waals surface area contributed by atoms with E-state index in [1.807, 2.05) is 13.0 Å². The van der Waals surface area contributed by atoms with E-state index < -0.39 is 12.2 Å². The summed E-state index contributed by atoms with van der Waals surface area (Å²) in [4.78, 5) is 13.2. The number of carbonyl (C=O) groups excluding carboxylic acids is 1. The highest BCUT2D eigenvalue weighted by molar-refractivity contribution is 6.03. The minimum Gasteiger partial charge on any atom is -0.506 e. The Morgan fingerprint density at radius 2 is 1.83 bits per heavy atom. The van der Waals surface area contributed by atoms with Gasteiger partial charge in [0.15, 0.2) is 5.76 Å². The Morgan fingerprint density at radius 3 is 2.64 bits per heavy atom. The van der Waals surface area contributed by atoms with Crippen LogP contribution in [0.15, 0.2) is 78.6 Å². The number of ether oxygens (including phenoxy) is 2. The number of hydrogen-bond donors (Lipinski definition) is 3. The minimum absolute atomic E-state index is 0.0146. The number of carbonyl (C=O) groups is 1. The molecule has 3 atom stereocenters. The van der Waals surface area contributed by atoms with Gasteiger partial charge in [0, 0.05) is 25.0 Å². The van der Waals surface area contributed by atoms with E-state index in [4.69, 9.17) is 9.47 Å². The first-order valence-electron chi connectivity index (χ1n) is 12.5. The van der Waals surface area contributed by atoms with Crippen molar-refractivity contribution >= 4 is 11.6 Å². The zero-order valence-corrected chi connectivity index (χ0v) is 20.3. The quantitative estimate of drug-likeness (QED) is 0.293. The zero-order chi connectivity index (χ0) is 25.1.